The van der Waals surface area contributed by atoms with Crippen LogP contribution in [-0.4, -0.2) is 93.8 Å². The Morgan fingerprint density at radius 2 is 1.94 bits per heavy atom. The van der Waals surface area contributed by atoms with Crippen LogP contribution in [0.1, 0.15) is 31.2 Å². The van der Waals surface area contributed by atoms with Gasteiger partial charge in [-0.2, -0.15) is 5.10 Å². The Bertz CT molecular complexity index is 905. The predicted octanol–water partition coefficient (Wildman–Crippen LogP) is 0.704. The largest absolute Gasteiger partial charge is 0.357 e. The van der Waals surface area contributed by atoms with Crippen LogP contribution in [0.3, 0.4) is 0 Å². The fraction of sp³-hybridized carbons (Fsp3) is 0.591. The second-order valence-corrected chi connectivity index (χ2v) is 8.28. The minimum Gasteiger partial charge on any atom is -0.357 e. The highest BCUT2D eigenvalue weighted by Gasteiger charge is 2.27. The van der Waals surface area contributed by atoms with E-state index in [0.29, 0.717) is 32.0 Å². The molecule has 2 aliphatic heterocycles. The lowest BCUT2D eigenvalue weighted by molar-refractivity contribution is -0.131. The topological polar surface area (TPSA) is 94.8 Å². The number of carbonyl (C=O) groups excluding carboxylic acids is 1. The monoisotopic (exact) mass is 439 g/mol. The molecular formula is C22H33N9O. The van der Waals surface area contributed by atoms with Crippen molar-refractivity contribution < 1.29 is 4.79 Å². The molecule has 4 heterocycles. The smallest absolute Gasteiger partial charge is 0.225 e. The van der Waals surface area contributed by atoms with Crippen LogP contribution in [0.4, 0.5) is 5.95 Å². The summed E-state index contributed by atoms with van der Waals surface area (Å²) >= 11 is 0. The molecule has 0 saturated carbocycles. The number of rotatable bonds is 6. The van der Waals surface area contributed by atoms with Crippen molar-refractivity contribution in [3.63, 3.8) is 0 Å². The van der Waals surface area contributed by atoms with Gasteiger partial charge in [-0.15, -0.1) is 0 Å². The van der Waals surface area contributed by atoms with Gasteiger partial charge >= 0.3 is 0 Å². The zero-order valence-electron chi connectivity index (χ0n) is 19.0. The number of hydrogen-bond acceptors (Lipinski definition) is 6. The lowest BCUT2D eigenvalue weighted by Crippen LogP contribution is -2.49. The Morgan fingerprint density at radius 3 is 2.62 bits per heavy atom. The van der Waals surface area contributed by atoms with Gasteiger partial charge in [0.25, 0.3) is 0 Å². The van der Waals surface area contributed by atoms with E-state index in [2.05, 4.69) is 43.3 Å². The lowest BCUT2D eigenvalue weighted by Gasteiger charge is -2.34. The molecule has 4 rings (SSSR count). The number of aryl methyl sites for hydroxylation is 1. The summed E-state index contributed by atoms with van der Waals surface area (Å²) in [4.78, 5) is 32.4. The lowest BCUT2D eigenvalue weighted by atomic mass is 10.0. The van der Waals surface area contributed by atoms with Gasteiger partial charge in [0, 0.05) is 83.8 Å². The summed E-state index contributed by atoms with van der Waals surface area (Å²) in [5.74, 6) is 2.26. The first-order valence-electron chi connectivity index (χ1n) is 11.5. The molecule has 172 valence electrons. The molecule has 1 amide bonds. The van der Waals surface area contributed by atoms with E-state index < -0.39 is 0 Å². The summed E-state index contributed by atoms with van der Waals surface area (Å²) in [5.41, 5.74) is 1.28. The third kappa shape index (κ3) is 5.35. The Balaban J connectivity index is 1.25. The van der Waals surface area contributed by atoms with Crippen LogP contribution in [0.5, 0.6) is 0 Å². The Labute approximate surface area is 189 Å². The molecule has 0 spiro atoms. The minimum atomic E-state index is 0.160. The number of carbonyl (C=O) groups is 1. The highest BCUT2D eigenvalue weighted by Crippen LogP contribution is 2.26. The van der Waals surface area contributed by atoms with Gasteiger partial charge in [-0.3, -0.25) is 14.5 Å². The quantitative estimate of drug-likeness (QED) is 0.523. The van der Waals surface area contributed by atoms with Gasteiger partial charge in [-0.25, -0.2) is 9.97 Å². The van der Waals surface area contributed by atoms with Crippen LogP contribution >= 0.6 is 0 Å². The fourth-order valence-corrected chi connectivity index (χ4v) is 4.33. The molecule has 1 N–H and O–H groups in total. The van der Waals surface area contributed by atoms with Crippen molar-refractivity contribution >= 4 is 17.8 Å². The van der Waals surface area contributed by atoms with E-state index in [1.165, 1.54) is 5.56 Å². The number of piperazine rings is 1. The number of nitrogens with one attached hydrogen (secondary N) is 1. The fourth-order valence-electron chi connectivity index (χ4n) is 4.33. The average molecular weight is 440 g/mol. The number of amides is 1. The van der Waals surface area contributed by atoms with Crippen molar-refractivity contribution in [2.24, 2.45) is 12.0 Å². The van der Waals surface area contributed by atoms with Crippen LogP contribution in [-0.2, 0) is 11.8 Å². The molecule has 0 aromatic carbocycles. The van der Waals surface area contributed by atoms with Crippen LogP contribution in [0, 0.1) is 0 Å². The van der Waals surface area contributed by atoms with Crippen LogP contribution in [0.25, 0.3) is 0 Å². The summed E-state index contributed by atoms with van der Waals surface area (Å²) in [6, 6.07) is 1.81. The Hall–Kier alpha value is -3.17. The van der Waals surface area contributed by atoms with Gasteiger partial charge in [0.05, 0.1) is 12.7 Å². The Kier molecular flexibility index (Phi) is 7.18. The number of aromatic nitrogens is 4. The normalized spacial score (nSPS) is 19.5. The highest BCUT2D eigenvalue weighted by molar-refractivity contribution is 5.81. The third-order valence-electron chi connectivity index (χ3n) is 6.07. The minimum absolute atomic E-state index is 0.160. The van der Waals surface area contributed by atoms with Crippen molar-refractivity contribution in [2.45, 2.75) is 25.7 Å². The van der Waals surface area contributed by atoms with Gasteiger partial charge in [-0.05, 0) is 25.0 Å². The maximum atomic E-state index is 12.7. The second-order valence-electron chi connectivity index (χ2n) is 8.28. The molecule has 2 aromatic heterocycles. The molecule has 2 aromatic rings. The van der Waals surface area contributed by atoms with Crippen molar-refractivity contribution in [2.75, 3.05) is 57.3 Å². The molecule has 2 aliphatic rings. The highest BCUT2D eigenvalue weighted by atomic mass is 16.2. The summed E-state index contributed by atoms with van der Waals surface area (Å²) in [7, 11) is 1.95. The van der Waals surface area contributed by atoms with Gasteiger partial charge < -0.3 is 20.0 Å². The first-order chi connectivity index (χ1) is 15.6. The van der Waals surface area contributed by atoms with Gasteiger partial charge in [0.15, 0.2) is 5.96 Å². The summed E-state index contributed by atoms with van der Waals surface area (Å²) < 4.78 is 1.86. The van der Waals surface area contributed by atoms with E-state index in [9.17, 15) is 4.79 Å². The standard InChI is InChI=1S/C22H33N9O/c1-3-23-21(31-10-6-18(17-31)19-15-27-28(2)16-19)26-9-5-20(32)29-11-13-30(14-12-29)22-24-7-4-8-25-22/h4,7-8,15-16,18H,3,5-6,9-14,17H2,1-2H3,(H,23,26). The SMILES string of the molecule is CCNC(=NCCC(=O)N1CCN(c2ncccn2)CC1)N1CCC(c2cnn(C)c2)C1. The van der Waals surface area contributed by atoms with Gasteiger partial charge in [0.2, 0.25) is 11.9 Å². The van der Waals surface area contributed by atoms with E-state index in [-0.39, 0.29) is 5.91 Å². The van der Waals surface area contributed by atoms with E-state index in [1.807, 2.05) is 28.9 Å². The van der Waals surface area contributed by atoms with Crippen LogP contribution in [0.2, 0.25) is 0 Å². The van der Waals surface area contributed by atoms with Gasteiger partial charge in [-0.1, -0.05) is 0 Å². The first kappa shape index (κ1) is 22.0. The van der Waals surface area contributed by atoms with Crippen LogP contribution < -0.4 is 10.2 Å². The van der Waals surface area contributed by atoms with E-state index >= 15 is 0 Å². The zero-order valence-corrected chi connectivity index (χ0v) is 19.0. The molecule has 2 saturated heterocycles. The summed E-state index contributed by atoms with van der Waals surface area (Å²) in [5, 5.41) is 7.69. The van der Waals surface area contributed by atoms with E-state index in [4.69, 9.17) is 4.99 Å². The predicted molar refractivity (Wildman–Crippen MR) is 124 cm³/mol. The molecule has 2 fully saturated rings. The number of likely N-dealkylation sites (tertiary alicyclic amines) is 1. The van der Waals surface area contributed by atoms with E-state index in [1.54, 1.807) is 12.4 Å². The molecule has 0 radical (unpaired) electrons. The molecule has 32 heavy (non-hydrogen) atoms. The van der Waals surface area contributed by atoms with Crippen molar-refractivity contribution in [1.29, 1.82) is 0 Å². The third-order valence-corrected chi connectivity index (χ3v) is 6.07. The molecule has 0 aliphatic carbocycles. The number of guanidine groups is 1. The molecular weight excluding hydrogens is 406 g/mol. The summed E-state index contributed by atoms with van der Waals surface area (Å²) in [6.07, 6.45) is 9.07. The number of nitrogens with zero attached hydrogens (tertiary/aromatic N) is 8. The zero-order chi connectivity index (χ0) is 22.3. The van der Waals surface area contributed by atoms with E-state index in [0.717, 1.165) is 51.1 Å². The van der Waals surface area contributed by atoms with Gasteiger partial charge in [0.1, 0.15) is 0 Å². The molecule has 1 unspecified atom stereocenters. The number of hydrogen-bond donors (Lipinski definition) is 1. The summed E-state index contributed by atoms with van der Waals surface area (Å²) in [6.45, 7) is 8.17. The maximum Gasteiger partial charge on any atom is 0.225 e. The molecule has 0 bridgehead atoms. The molecule has 10 nitrogen and oxygen atoms in total. The molecule has 1 atom stereocenters. The van der Waals surface area contributed by atoms with Crippen molar-refractivity contribution in [3.05, 3.63) is 36.4 Å². The molecule has 10 heteroatoms. The van der Waals surface area contributed by atoms with Crippen molar-refractivity contribution in [3.8, 4) is 0 Å². The van der Waals surface area contributed by atoms with Crippen LogP contribution in [0.15, 0.2) is 35.8 Å². The maximum absolute atomic E-state index is 12.7. The average Bonchev–Trinajstić information content (AvgIpc) is 3.48. The second kappa shape index (κ2) is 10.4. The number of aliphatic imine (C=N–C) groups is 1. The Morgan fingerprint density at radius 1 is 1.16 bits per heavy atom. The number of anilines is 1. The first-order valence-corrected chi connectivity index (χ1v) is 11.5. The van der Waals surface area contributed by atoms with Crippen molar-refractivity contribution in [1.82, 2.24) is 34.9 Å².